The molecule has 0 aromatic rings. The van der Waals surface area contributed by atoms with Crippen molar-refractivity contribution in [2.75, 3.05) is 18.6 Å². The van der Waals surface area contributed by atoms with Crippen LogP contribution >= 0.6 is 0 Å². The van der Waals surface area contributed by atoms with Gasteiger partial charge in [0.05, 0.1) is 18.0 Å². The first kappa shape index (κ1) is 29.3. The lowest BCUT2D eigenvalue weighted by Crippen LogP contribution is -2.62. The number of aliphatic hydroxyl groups excluding tert-OH is 2. The number of rotatable bonds is 8. The second-order valence-corrected chi connectivity index (χ2v) is 16.4. The zero-order chi connectivity index (χ0) is 27.3. The Labute approximate surface area is 225 Å². The summed E-state index contributed by atoms with van der Waals surface area (Å²) in [5.74, 6) is 2.81. The number of carbonyl (C=O) groups is 1. The molecule has 0 spiro atoms. The predicted octanol–water partition coefficient (Wildman–Crippen LogP) is 4.44. The molecule has 0 bridgehead atoms. The minimum absolute atomic E-state index is 0.0221. The molecule has 1 amide bonds. The highest BCUT2D eigenvalue weighted by molar-refractivity contribution is 7.90. The molecule has 0 aliphatic heterocycles. The van der Waals surface area contributed by atoms with E-state index in [-0.39, 0.29) is 53.1 Å². The van der Waals surface area contributed by atoms with Gasteiger partial charge in [-0.3, -0.25) is 4.79 Å². The summed E-state index contributed by atoms with van der Waals surface area (Å²) in [7, 11) is -3.09. The van der Waals surface area contributed by atoms with Crippen LogP contribution in [0.25, 0.3) is 0 Å². The zero-order valence-corrected chi connectivity index (χ0v) is 24.9. The fourth-order valence-electron chi connectivity index (χ4n) is 10.3. The van der Waals surface area contributed by atoms with Gasteiger partial charge >= 0.3 is 0 Å². The molecule has 37 heavy (non-hydrogen) atoms. The molecule has 12 atom stereocenters. The molecule has 214 valence electrons. The van der Waals surface area contributed by atoms with Crippen molar-refractivity contribution in [2.24, 2.45) is 58.2 Å². The van der Waals surface area contributed by atoms with E-state index in [1.165, 1.54) is 25.5 Å². The van der Waals surface area contributed by atoms with Gasteiger partial charge in [-0.1, -0.05) is 41.0 Å². The maximum Gasteiger partial charge on any atom is 0.222 e. The normalized spacial score (nSPS) is 45.3. The molecular weight excluding hydrogens is 486 g/mol. The lowest BCUT2D eigenvalue weighted by molar-refractivity contribution is -0.203. The van der Waals surface area contributed by atoms with E-state index in [0.29, 0.717) is 35.5 Å². The molecule has 0 aromatic heterocycles. The third-order valence-electron chi connectivity index (χ3n) is 12.1. The van der Waals surface area contributed by atoms with Gasteiger partial charge in [-0.15, -0.1) is 0 Å². The summed E-state index contributed by atoms with van der Waals surface area (Å²) in [5.41, 5.74) is 0.400. The first-order valence-corrected chi connectivity index (χ1v) is 17.1. The number of hydrogen-bond donors (Lipinski definition) is 3. The number of carbonyl (C=O) groups excluding carboxylic acids is 1. The van der Waals surface area contributed by atoms with Gasteiger partial charge in [-0.05, 0) is 104 Å². The van der Waals surface area contributed by atoms with E-state index in [1.54, 1.807) is 0 Å². The Hall–Kier alpha value is -0.660. The SMILES string of the molecule is CC[C@H]1C(O)C2C(CC[C@@]3(C)C2CC[C@@H]3[C@H](C)C[C@H](C)C(=O)NCCS(C)(=O)=O)[C@@]2(C)CC[C@@H](O)CC12. The van der Waals surface area contributed by atoms with Crippen LogP contribution in [-0.4, -0.2) is 55.3 Å². The topological polar surface area (TPSA) is 104 Å². The largest absolute Gasteiger partial charge is 0.393 e. The molecule has 4 aliphatic carbocycles. The number of aliphatic hydroxyl groups is 2. The Morgan fingerprint density at radius 2 is 1.65 bits per heavy atom. The van der Waals surface area contributed by atoms with Crippen molar-refractivity contribution in [3.05, 3.63) is 0 Å². The quantitative estimate of drug-likeness (QED) is 0.423. The molecule has 0 aromatic carbocycles. The number of sulfone groups is 1. The fourth-order valence-corrected chi connectivity index (χ4v) is 10.8. The minimum atomic E-state index is -3.09. The molecule has 0 radical (unpaired) electrons. The predicted molar refractivity (Wildman–Crippen MR) is 147 cm³/mol. The number of fused-ring (bicyclic) bond motifs is 5. The molecule has 4 saturated carbocycles. The molecule has 0 heterocycles. The van der Waals surface area contributed by atoms with Crippen LogP contribution in [0.5, 0.6) is 0 Å². The standard InChI is InChI=1S/C30H53NO5S/c1-7-21-25-17-20(32)10-12-30(25,5)24-11-13-29(4)22(8-9-23(29)26(24)27(21)33)18(2)16-19(3)28(34)31-14-15-37(6,35)36/h18-27,32-33H,7-17H2,1-6H3,(H,31,34)/t18-,19+,20-,21-,22-,23?,24?,25?,26?,27?,29-,30-/m1/s1. The lowest BCUT2D eigenvalue weighted by Gasteiger charge is -2.64. The number of hydrogen-bond acceptors (Lipinski definition) is 5. The van der Waals surface area contributed by atoms with Crippen LogP contribution in [0.3, 0.4) is 0 Å². The fraction of sp³-hybridized carbons (Fsp3) is 0.967. The highest BCUT2D eigenvalue weighted by atomic mass is 32.2. The highest BCUT2D eigenvalue weighted by Crippen LogP contribution is 2.69. The van der Waals surface area contributed by atoms with Crippen LogP contribution in [0, 0.1) is 58.2 Å². The lowest BCUT2D eigenvalue weighted by atomic mass is 9.41. The van der Waals surface area contributed by atoms with E-state index in [9.17, 15) is 23.4 Å². The van der Waals surface area contributed by atoms with Crippen LogP contribution < -0.4 is 5.32 Å². The molecule has 6 nitrogen and oxygen atoms in total. The van der Waals surface area contributed by atoms with Gasteiger partial charge in [0.2, 0.25) is 5.91 Å². The molecule has 4 rings (SSSR count). The minimum Gasteiger partial charge on any atom is -0.393 e. The van der Waals surface area contributed by atoms with Crippen LogP contribution in [0.4, 0.5) is 0 Å². The van der Waals surface area contributed by atoms with Gasteiger partial charge in [-0.2, -0.15) is 0 Å². The summed E-state index contributed by atoms with van der Waals surface area (Å²) >= 11 is 0. The van der Waals surface area contributed by atoms with Crippen molar-refractivity contribution in [1.82, 2.24) is 5.32 Å². The summed E-state index contributed by atoms with van der Waals surface area (Å²) in [6.07, 6.45) is 10.00. The number of nitrogens with one attached hydrogen (secondary N) is 1. The van der Waals surface area contributed by atoms with Crippen molar-refractivity contribution in [2.45, 2.75) is 105 Å². The van der Waals surface area contributed by atoms with Crippen LogP contribution in [0.1, 0.15) is 92.4 Å². The Morgan fingerprint density at radius 1 is 1.00 bits per heavy atom. The van der Waals surface area contributed by atoms with E-state index in [0.717, 1.165) is 38.5 Å². The molecular formula is C30H53NO5S. The molecule has 4 aliphatic rings. The van der Waals surface area contributed by atoms with Gasteiger partial charge in [0.1, 0.15) is 9.84 Å². The van der Waals surface area contributed by atoms with Crippen molar-refractivity contribution < 1.29 is 23.4 Å². The van der Waals surface area contributed by atoms with E-state index >= 15 is 0 Å². The van der Waals surface area contributed by atoms with Crippen molar-refractivity contribution in [3.8, 4) is 0 Å². The van der Waals surface area contributed by atoms with Crippen molar-refractivity contribution in [3.63, 3.8) is 0 Å². The van der Waals surface area contributed by atoms with E-state index in [4.69, 9.17) is 0 Å². The highest BCUT2D eigenvalue weighted by Gasteiger charge is 2.64. The van der Waals surface area contributed by atoms with Crippen LogP contribution in [-0.2, 0) is 14.6 Å². The maximum absolute atomic E-state index is 12.7. The van der Waals surface area contributed by atoms with E-state index in [2.05, 4.69) is 33.0 Å². The second-order valence-electron chi connectivity index (χ2n) is 14.2. The third-order valence-corrected chi connectivity index (χ3v) is 13.0. The summed E-state index contributed by atoms with van der Waals surface area (Å²) in [6.45, 7) is 11.6. The molecule has 3 N–H and O–H groups in total. The Balaban J connectivity index is 1.47. The summed E-state index contributed by atoms with van der Waals surface area (Å²) in [4.78, 5) is 12.7. The maximum atomic E-state index is 12.7. The Kier molecular flexibility index (Phi) is 8.50. The van der Waals surface area contributed by atoms with Gasteiger partial charge in [0.15, 0.2) is 0 Å². The molecule has 4 fully saturated rings. The zero-order valence-electron chi connectivity index (χ0n) is 24.1. The number of amides is 1. The average Bonchev–Trinajstić information content (AvgIpc) is 3.16. The average molecular weight is 540 g/mol. The van der Waals surface area contributed by atoms with Gasteiger partial charge < -0.3 is 15.5 Å². The van der Waals surface area contributed by atoms with Gasteiger partial charge in [0.25, 0.3) is 0 Å². The van der Waals surface area contributed by atoms with Gasteiger partial charge in [-0.25, -0.2) is 8.42 Å². The summed E-state index contributed by atoms with van der Waals surface area (Å²) in [5, 5.41) is 25.2. The monoisotopic (exact) mass is 539 g/mol. The first-order valence-electron chi connectivity index (χ1n) is 15.0. The molecule has 7 heteroatoms. The molecule has 0 saturated heterocycles. The van der Waals surface area contributed by atoms with Gasteiger partial charge in [0, 0.05) is 18.7 Å². The van der Waals surface area contributed by atoms with E-state index < -0.39 is 9.84 Å². The van der Waals surface area contributed by atoms with Crippen molar-refractivity contribution in [1.29, 1.82) is 0 Å². The Bertz CT molecular complexity index is 938. The Morgan fingerprint density at radius 3 is 2.30 bits per heavy atom. The first-order chi connectivity index (χ1) is 17.2. The van der Waals surface area contributed by atoms with Crippen molar-refractivity contribution >= 4 is 15.7 Å². The summed E-state index contributed by atoms with van der Waals surface area (Å²) in [6, 6.07) is 0. The van der Waals surface area contributed by atoms with E-state index in [1.807, 2.05) is 6.92 Å². The molecule has 5 unspecified atom stereocenters. The second kappa shape index (κ2) is 10.7. The van der Waals surface area contributed by atoms with Crippen LogP contribution in [0.15, 0.2) is 0 Å². The van der Waals surface area contributed by atoms with Crippen LogP contribution in [0.2, 0.25) is 0 Å². The third kappa shape index (κ3) is 5.39. The summed E-state index contributed by atoms with van der Waals surface area (Å²) < 4.78 is 22.8. The smallest absolute Gasteiger partial charge is 0.222 e.